The fraction of sp³-hybridized carbons (Fsp3) is 0.933. The summed E-state index contributed by atoms with van der Waals surface area (Å²) in [5.74, 6) is 0.617. The molecule has 1 rings (SSSR count). The fourth-order valence-corrected chi connectivity index (χ4v) is 3.34. The molecule has 1 aliphatic rings. The second-order valence-corrected chi connectivity index (χ2v) is 7.09. The summed E-state index contributed by atoms with van der Waals surface area (Å²) in [4.78, 5) is 14.5. The fourth-order valence-electron chi connectivity index (χ4n) is 2.95. The van der Waals surface area contributed by atoms with Gasteiger partial charge in [-0.25, -0.2) is 0 Å². The van der Waals surface area contributed by atoms with E-state index in [1.807, 2.05) is 11.9 Å². The second kappa shape index (κ2) is 7.52. The highest BCUT2D eigenvalue weighted by Crippen LogP contribution is 2.41. The monoisotopic (exact) mass is 317 g/mol. The topological polar surface area (TPSA) is 20.3 Å². The van der Waals surface area contributed by atoms with Crippen LogP contribution in [-0.2, 0) is 4.79 Å². The standard InChI is InChI=1S/C15H28BrNO/c1-15(2)10-6-5-9-13(15)14(18)17(3)12-8-4-7-11-16/h13H,4-12H2,1-3H3. The van der Waals surface area contributed by atoms with Crippen LogP contribution in [-0.4, -0.2) is 29.7 Å². The van der Waals surface area contributed by atoms with Crippen LogP contribution in [0, 0.1) is 11.3 Å². The molecule has 1 unspecified atom stereocenters. The van der Waals surface area contributed by atoms with Gasteiger partial charge in [0, 0.05) is 24.8 Å². The Morgan fingerprint density at radius 1 is 1.28 bits per heavy atom. The van der Waals surface area contributed by atoms with E-state index >= 15 is 0 Å². The summed E-state index contributed by atoms with van der Waals surface area (Å²) in [5, 5.41) is 1.07. The van der Waals surface area contributed by atoms with E-state index in [2.05, 4.69) is 29.8 Å². The van der Waals surface area contributed by atoms with Crippen LogP contribution in [0.2, 0.25) is 0 Å². The number of halogens is 1. The summed E-state index contributed by atoms with van der Waals surface area (Å²) in [5.41, 5.74) is 0.194. The maximum atomic E-state index is 12.5. The van der Waals surface area contributed by atoms with Gasteiger partial charge < -0.3 is 4.90 Å². The zero-order valence-electron chi connectivity index (χ0n) is 12.2. The van der Waals surface area contributed by atoms with Crippen molar-refractivity contribution in [3.8, 4) is 0 Å². The zero-order valence-corrected chi connectivity index (χ0v) is 13.8. The van der Waals surface area contributed by atoms with Gasteiger partial charge in [0.2, 0.25) is 5.91 Å². The molecule has 1 atom stereocenters. The van der Waals surface area contributed by atoms with Crippen molar-refractivity contribution < 1.29 is 4.79 Å². The molecule has 1 fully saturated rings. The van der Waals surface area contributed by atoms with Gasteiger partial charge in [-0.15, -0.1) is 0 Å². The smallest absolute Gasteiger partial charge is 0.225 e. The average Bonchev–Trinajstić information content (AvgIpc) is 2.33. The maximum Gasteiger partial charge on any atom is 0.225 e. The van der Waals surface area contributed by atoms with Crippen LogP contribution in [0.4, 0.5) is 0 Å². The summed E-state index contributed by atoms with van der Waals surface area (Å²) in [6.45, 7) is 5.43. The highest BCUT2D eigenvalue weighted by Gasteiger charge is 2.38. The van der Waals surface area contributed by atoms with Crippen LogP contribution < -0.4 is 0 Å². The lowest BCUT2D eigenvalue weighted by Crippen LogP contribution is -2.42. The van der Waals surface area contributed by atoms with Crippen molar-refractivity contribution >= 4 is 21.8 Å². The molecule has 106 valence electrons. The van der Waals surface area contributed by atoms with Gasteiger partial charge >= 0.3 is 0 Å². The van der Waals surface area contributed by atoms with Crippen LogP contribution >= 0.6 is 15.9 Å². The first-order valence-electron chi connectivity index (χ1n) is 7.30. The van der Waals surface area contributed by atoms with Gasteiger partial charge in [-0.1, -0.05) is 49.0 Å². The van der Waals surface area contributed by atoms with Crippen molar-refractivity contribution in [2.24, 2.45) is 11.3 Å². The molecule has 0 N–H and O–H groups in total. The Morgan fingerprint density at radius 3 is 2.61 bits per heavy atom. The first-order chi connectivity index (χ1) is 8.49. The molecule has 0 aromatic heterocycles. The summed E-state index contributed by atoms with van der Waals surface area (Å²) in [6, 6.07) is 0. The van der Waals surface area contributed by atoms with E-state index in [-0.39, 0.29) is 11.3 Å². The molecule has 1 amide bonds. The summed E-state index contributed by atoms with van der Waals surface area (Å²) < 4.78 is 0. The molecule has 0 heterocycles. The Kier molecular flexibility index (Phi) is 6.68. The third kappa shape index (κ3) is 4.56. The summed E-state index contributed by atoms with van der Waals surface area (Å²) in [7, 11) is 1.97. The quantitative estimate of drug-likeness (QED) is 0.530. The van der Waals surface area contributed by atoms with E-state index in [1.54, 1.807) is 0 Å². The molecule has 0 aromatic rings. The van der Waals surface area contributed by atoms with Gasteiger partial charge in [0.25, 0.3) is 0 Å². The van der Waals surface area contributed by atoms with E-state index in [4.69, 9.17) is 0 Å². The van der Waals surface area contributed by atoms with Gasteiger partial charge in [-0.2, -0.15) is 0 Å². The second-order valence-electron chi connectivity index (χ2n) is 6.30. The molecule has 3 heteroatoms. The van der Waals surface area contributed by atoms with Gasteiger partial charge in [0.1, 0.15) is 0 Å². The van der Waals surface area contributed by atoms with E-state index in [9.17, 15) is 4.79 Å². The minimum absolute atomic E-state index is 0.194. The highest BCUT2D eigenvalue weighted by molar-refractivity contribution is 9.09. The Labute approximate surface area is 121 Å². The van der Waals surface area contributed by atoms with Crippen LogP contribution in [0.25, 0.3) is 0 Å². The van der Waals surface area contributed by atoms with Crippen molar-refractivity contribution in [1.29, 1.82) is 0 Å². The van der Waals surface area contributed by atoms with E-state index < -0.39 is 0 Å². The Hall–Kier alpha value is -0.0500. The number of hydrogen-bond donors (Lipinski definition) is 0. The summed E-state index contributed by atoms with van der Waals surface area (Å²) in [6.07, 6.45) is 8.32. The lowest BCUT2D eigenvalue weighted by Gasteiger charge is -2.39. The van der Waals surface area contributed by atoms with Crippen LogP contribution in [0.1, 0.15) is 58.8 Å². The number of nitrogens with zero attached hydrogens (tertiary/aromatic N) is 1. The molecule has 0 saturated heterocycles. The Balaban J connectivity index is 2.42. The third-order valence-electron chi connectivity index (χ3n) is 4.31. The van der Waals surface area contributed by atoms with E-state index in [1.165, 1.54) is 32.1 Å². The minimum atomic E-state index is 0.194. The number of alkyl halides is 1. The molecule has 1 aliphatic carbocycles. The SMILES string of the molecule is CN(CCCCCBr)C(=O)C1CCCCC1(C)C. The Morgan fingerprint density at radius 2 is 2.00 bits per heavy atom. The first kappa shape index (κ1) is 16.0. The van der Waals surface area contributed by atoms with Gasteiger partial charge in [-0.3, -0.25) is 4.79 Å². The molecule has 0 aliphatic heterocycles. The van der Waals surface area contributed by atoms with Gasteiger partial charge in [0.05, 0.1) is 0 Å². The highest BCUT2D eigenvalue weighted by atomic mass is 79.9. The maximum absolute atomic E-state index is 12.5. The van der Waals surface area contributed by atoms with Crippen molar-refractivity contribution in [3.05, 3.63) is 0 Å². The molecule has 2 nitrogen and oxygen atoms in total. The van der Waals surface area contributed by atoms with Crippen molar-refractivity contribution in [1.82, 2.24) is 4.90 Å². The normalized spacial score (nSPS) is 22.8. The molecule has 1 saturated carbocycles. The van der Waals surface area contributed by atoms with E-state index in [0.717, 1.165) is 24.7 Å². The predicted molar refractivity (Wildman–Crippen MR) is 81.0 cm³/mol. The Bertz CT molecular complexity index is 265. The van der Waals surface area contributed by atoms with Crippen LogP contribution in [0.3, 0.4) is 0 Å². The van der Waals surface area contributed by atoms with E-state index in [0.29, 0.717) is 5.91 Å². The molecule has 0 bridgehead atoms. The number of hydrogen-bond acceptors (Lipinski definition) is 1. The molecule has 0 spiro atoms. The largest absolute Gasteiger partial charge is 0.346 e. The number of unbranched alkanes of at least 4 members (excludes halogenated alkanes) is 2. The van der Waals surface area contributed by atoms with Crippen molar-refractivity contribution in [2.45, 2.75) is 58.8 Å². The molecular weight excluding hydrogens is 290 g/mol. The molecular formula is C15H28BrNO. The van der Waals surface area contributed by atoms with Crippen molar-refractivity contribution in [2.75, 3.05) is 18.9 Å². The third-order valence-corrected chi connectivity index (χ3v) is 4.87. The molecule has 0 aromatic carbocycles. The van der Waals surface area contributed by atoms with Gasteiger partial charge in [0.15, 0.2) is 0 Å². The number of carbonyl (C=O) groups excluding carboxylic acids is 1. The number of amides is 1. The first-order valence-corrected chi connectivity index (χ1v) is 8.42. The van der Waals surface area contributed by atoms with Gasteiger partial charge in [-0.05, 0) is 31.1 Å². The lowest BCUT2D eigenvalue weighted by atomic mass is 9.68. The van der Waals surface area contributed by atoms with Crippen molar-refractivity contribution in [3.63, 3.8) is 0 Å². The van der Waals surface area contributed by atoms with Crippen LogP contribution in [0.5, 0.6) is 0 Å². The number of carbonyl (C=O) groups is 1. The molecule has 0 radical (unpaired) electrons. The minimum Gasteiger partial charge on any atom is -0.346 e. The average molecular weight is 318 g/mol. The summed E-state index contributed by atoms with van der Waals surface area (Å²) >= 11 is 3.44. The predicted octanol–water partition coefficient (Wildman–Crippen LogP) is 4.23. The zero-order chi connectivity index (χ0) is 13.6. The molecule has 18 heavy (non-hydrogen) atoms. The lowest BCUT2D eigenvalue weighted by molar-refractivity contribution is -0.139. The number of rotatable bonds is 6. The van der Waals surface area contributed by atoms with Crippen LogP contribution in [0.15, 0.2) is 0 Å².